The van der Waals surface area contributed by atoms with Crippen LogP contribution in [0.25, 0.3) is 0 Å². The number of hydrogen-bond donors (Lipinski definition) is 1. The highest BCUT2D eigenvalue weighted by atomic mass is 19.1. The minimum Gasteiger partial charge on any atom is -0.494 e. The molecule has 1 aromatic rings. The van der Waals surface area contributed by atoms with Gasteiger partial charge in [-0.2, -0.15) is 0 Å². The molecule has 0 unspecified atom stereocenters. The molecule has 1 aromatic carbocycles. The first-order valence-corrected chi connectivity index (χ1v) is 7.36. The number of hydrogen-bond acceptors (Lipinski definition) is 3. The molecule has 1 N–H and O–H groups in total. The molecular formula is C16H20FNO4. The van der Waals surface area contributed by atoms with Crippen LogP contribution in [0.2, 0.25) is 0 Å². The maximum absolute atomic E-state index is 13.4. The van der Waals surface area contributed by atoms with Crippen LogP contribution in [-0.2, 0) is 4.79 Å². The van der Waals surface area contributed by atoms with E-state index in [1.165, 1.54) is 25.3 Å². The molecule has 22 heavy (non-hydrogen) atoms. The molecule has 0 spiro atoms. The smallest absolute Gasteiger partial charge is 0.303 e. The minimum atomic E-state index is -0.813. The van der Waals surface area contributed by atoms with Crippen LogP contribution < -0.4 is 4.74 Å². The van der Waals surface area contributed by atoms with Crippen molar-refractivity contribution >= 4 is 11.9 Å². The highest BCUT2D eigenvalue weighted by Crippen LogP contribution is 2.24. The van der Waals surface area contributed by atoms with Gasteiger partial charge in [-0.1, -0.05) is 0 Å². The van der Waals surface area contributed by atoms with Crippen molar-refractivity contribution < 1.29 is 23.8 Å². The summed E-state index contributed by atoms with van der Waals surface area (Å²) in [5, 5.41) is 8.75. The Kier molecular flexibility index (Phi) is 5.35. The molecule has 0 aliphatic carbocycles. The molecule has 1 fully saturated rings. The second kappa shape index (κ2) is 7.24. The Morgan fingerprint density at radius 2 is 2.23 bits per heavy atom. The number of carbonyl (C=O) groups excluding carboxylic acids is 1. The molecule has 0 radical (unpaired) electrons. The van der Waals surface area contributed by atoms with E-state index in [1.54, 1.807) is 4.90 Å². The van der Waals surface area contributed by atoms with Gasteiger partial charge in [-0.05, 0) is 43.4 Å². The van der Waals surface area contributed by atoms with Crippen LogP contribution in [0, 0.1) is 11.7 Å². The van der Waals surface area contributed by atoms with Crippen molar-refractivity contribution in [2.75, 3.05) is 20.2 Å². The number of methoxy groups -OCH3 is 1. The highest BCUT2D eigenvalue weighted by Gasteiger charge is 2.25. The summed E-state index contributed by atoms with van der Waals surface area (Å²) in [6.45, 7) is 1.19. The lowest BCUT2D eigenvalue weighted by molar-refractivity contribution is -0.137. The first-order chi connectivity index (χ1) is 10.5. The predicted molar refractivity (Wildman–Crippen MR) is 78.4 cm³/mol. The fourth-order valence-electron chi connectivity index (χ4n) is 2.79. The van der Waals surface area contributed by atoms with E-state index in [2.05, 4.69) is 0 Å². The number of nitrogens with zero attached hydrogens (tertiary/aromatic N) is 1. The van der Waals surface area contributed by atoms with Gasteiger partial charge in [0.15, 0.2) is 11.6 Å². The van der Waals surface area contributed by atoms with Crippen molar-refractivity contribution in [2.45, 2.75) is 25.7 Å². The van der Waals surface area contributed by atoms with Crippen molar-refractivity contribution in [3.05, 3.63) is 29.6 Å². The van der Waals surface area contributed by atoms with Crippen LogP contribution >= 0.6 is 0 Å². The Bertz CT molecular complexity index is 561. The summed E-state index contributed by atoms with van der Waals surface area (Å²) in [6, 6.07) is 4.07. The zero-order valence-corrected chi connectivity index (χ0v) is 12.5. The molecule has 0 bridgehead atoms. The molecule has 0 aromatic heterocycles. The number of rotatable bonds is 5. The summed E-state index contributed by atoms with van der Waals surface area (Å²) >= 11 is 0. The molecule has 1 aliphatic rings. The number of halogens is 1. The number of carboxylic acid groups (broad SMARTS) is 1. The molecule has 1 aliphatic heterocycles. The SMILES string of the molecule is COc1cc(C(=O)N2CCC[C@H](CCC(=O)O)C2)ccc1F. The molecule has 1 atom stereocenters. The largest absolute Gasteiger partial charge is 0.494 e. The van der Waals surface area contributed by atoms with Gasteiger partial charge in [0.1, 0.15) is 0 Å². The lowest BCUT2D eigenvalue weighted by Crippen LogP contribution is -2.40. The topological polar surface area (TPSA) is 66.8 Å². The van der Waals surface area contributed by atoms with Crippen molar-refractivity contribution in [3.63, 3.8) is 0 Å². The van der Waals surface area contributed by atoms with Crippen LogP contribution in [0.4, 0.5) is 4.39 Å². The third-order valence-corrected chi connectivity index (χ3v) is 3.97. The monoisotopic (exact) mass is 309 g/mol. The van der Waals surface area contributed by atoms with Gasteiger partial charge in [0, 0.05) is 25.1 Å². The van der Waals surface area contributed by atoms with E-state index in [0.717, 1.165) is 12.8 Å². The number of carboxylic acids is 1. The number of carbonyl (C=O) groups is 2. The molecule has 1 heterocycles. The van der Waals surface area contributed by atoms with Gasteiger partial charge in [-0.25, -0.2) is 4.39 Å². The number of aliphatic carboxylic acids is 1. The summed E-state index contributed by atoms with van der Waals surface area (Å²) in [6.07, 6.45) is 2.49. The fourth-order valence-corrected chi connectivity index (χ4v) is 2.79. The molecule has 2 rings (SSSR count). The van der Waals surface area contributed by atoms with Crippen LogP contribution in [0.15, 0.2) is 18.2 Å². The number of piperidine rings is 1. The highest BCUT2D eigenvalue weighted by molar-refractivity contribution is 5.94. The lowest BCUT2D eigenvalue weighted by atomic mass is 9.93. The second-order valence-corrected chi connectivity index (χ2v) is 5.54. The van der Waals surface area contributed by atoms with Gasteiger partial charge < -0.3 is 14.7 Å². The normalized spacial score (nSPS) is 18.1. The summed E-state index contributed by atoms with van der Waals surface area (Å²) < 4.78 is 18.3. The van der Waals surface area contributed by atoms with E-state index in [1.807, 2.05) is 0 Å². The predicted octanol–water partition coefficient (Wildman–Crippen LogP) is 2.55. The molecule has 0 saturated carbocycles. The van der Waals surface area contributed by atoms with Crippen molar-refractivity contribution in [2.24, 2.45) is 5.92 Å². The first-order valence-electron chi connectivity index (χ1n) is 7.36. The molecule has 1 amide bonds. The number of likely N-dealkylation sites (tertiary alicyclic amines) is 1. The van der Waals surface area contributed by atoms with Crippen LogP contribution in [-0.4, -0.2) is 42.1 Å². The third kappa shape index (κ3) is 3.96. The van der Waals surface area contributed by atoms with E-state index in [0.29, 0.717) is 25.1 Å². The first kappa shape index (κ1) is 16.3. The summed E-state index contributed by atoms with van der Waals surface area (Å²) in [7, 11) is 1.36. The van der Waals surface area contributed by atoms with E-state index in [4.69, 9.17) is 9.84 Å². The molecular weight excluding hydrogens is 289 g/mol. The standard InChI is InChI=1S/C16H20FNO4/c1-22-14-9-12(5-6-13(14)17)16(21)18-8-2-3-11(10-18)4-7-15(19)20/h5-6,9,11H,2-4,7-8,10H2,1H3,(H,19,20)/t11-/m1/s1. The lowest BCUT2D eigenvalue weighted by Gasteiger charge is -2.32. The number of ether oxygens (including phenoxy) is 1. The van der Waals surface area contributed by atoms with E-state index < -0.39 is 11.8 Å². The summed E-state index contributed by atoms with van der Waals surface area (Å²) in [5.74, 6) is -1.23. The zero-order chi connectivity index (χ0) is 16.1. The summed E-state index contributed by atoms with van der Waals surface area (Å²) in [5.41, 5.74) is 0.386. The van der Waals surface area contributed by atoms with Gasteiger partial charge in [-0.3, -0.25) is 9.59 Å². The fraction of sp³-hybridized carbons (Fsp3) is 0.500. The average Bonchev–Trinajstić information content (AvgIpc) is 2.53. The van der Waals surface area contributed by atoms with Crippen LogP contribution in [0.1, 0.15) is 36.0 Å². The molecule has 5 nitrogen and oxygen atoms in total. The van der Waals surface area contributed by atoms with Crippen LogP contribution in [0.5, 0.6) is 5.75 Å². The Morgan fingerprint density at radius 3 is 2.91 bits per heavy atom. The Labute approximate surface area is 128 Å². The Balaban J connectivity index is 2.03. The summed E-state index contributed by atoms with van der Waals surface area (Å²) in [4.78, 5) is 24.9. The Hall–Kier alpha value is -2.11. The van der Waals surface area contributed by atoms with Gasteiger partial charge in [-0.15, -0.1) is 0 Å². The quantitative estimate of drug-likeness (QED) is 0.907. The Morgan fingerprint density at radius 1 is 1.45 bits per heavy atom. The maximum Gasteiger partial charge on any atom is 0.303 e. The molecule has 1 saturated heterocycles. The van der Waals surface area contributed by atoms with Crippen molar-refractivity contribution in [1.29, 1.82) is 0 Å². The van der Waals surface area contributed by atoms with Crippen LogP contribution in [0.3, 0.4) is 0 Å². The van der Waals surface area contributed by atoms with Gasteiger partial charge >= 0.3 is 5.97 Å². The average molecular weight is 309 g/mol. The van der Waals surface area contributed by atoms with Gasteiger partial charge in [0.05, 0.1) is 7.11 Å². The minimum absolute atomic E-state index is 0.0466. The van der Waals surface area contributed by atoms with Crippen molar-refractivity contribution in [1.82, 2.24) is 4.90 Å². The second-order valence-electron chi connectivity index (χ2n) is 5.54. The number of amides is 1. The van der Waals surface area contributed by atoms with E-state index >= 15 is 0 Å². The molecule has 6 heteroatoms. The maximum atomic E-state index is 13.4. The van der Waals surface area contributed by atoms with Crippen molar-refractivity contribution in [3.8, 4) is 5.75 Å². The zero-order valence-electron chi connectivity index (χ0n) is 12.5. The van der Waals surface area contributed by atoms with E-state index in [9.17, 15) is 14.0 Å². The molecule has 120 valence electrons. The third-order valence-electron chi connectivity index (χ3n) is 3.97. The van der Waals surface area contributed by atoms with E-state index in [-0.39, 0.29) is 24.0 Å². The number of benzene rings is 1. The van der Waals surface area contributed by atoms with Gasteiger partial charge in [0.2, 0.25) is 0 Å². The van der Waals surface area contributed by atoms with Gasteiger partial charge in [0.25, 0.3) is 5.91 Å².